The van der Waals surface area contributed by atoms with Gasteiger partial charge in [-0.25, -0.2) is 0 Å². The first-order chi connectivity index (χ1) is 11.2. The zero-order valence-electron chi connectivity index (χ0n) is 15.8. The van der Waals surface area contributed by atoms with Crippen molar-refractivity contribution in [3.63, 3.8) is 0 Å². The molecule has 0 rings (SSSR count). The van der Waals surface area contributed by atoms with Crippen molar-refractivity contribution in [2.24, 2.45) is 0 Å². The molecular formula is C14H24FeN2NaO8. The summed E-state index contributed by atoms with van der Waals surface area (Å²) in [7, 11) is 0. The Balaban J connectivity index is -0.00000264. The summed E-state index contributed by atoms with van der Waals surface area (Å²) in [5.74, 6) is -2.35. The topological polar surface area (TPSA) is 112 Å². The zero-order valence-corrected chi connectivity index (χ0v) is 18.9. The van der Waals surface area contributed by atoms with Gasteiger partial charge in [-0.3, -0.25) is 19.2 Å². The Morgan fingerprint density at radius 3 is 1.00 bits per heavy atom. The molecule has 12 heteroatoms. The molecule has 0 bridgehead atoms. The van der Waals surface area contributed by atoms with Crippen molar-refractivity contribution in [1.29, 1.82) is 0 Å². The third kappa shape index (κ3) is 19.6. The van der Waals surface area contributed by atoms with Crippen molar-refractivity contribution in [3.05, 3.63) is 0 Å². The van der Waals surface area contributed by atoms with Crippen LogP contribution < -0.4 is 0 Å². The van der Waals surface area contributed by atoms with Crippen molar-refractivity contribution >= 4 is 53.4 Å². The van der Waals surface area contributed by atoms with Crippen LogP contribution in [0.5, 0.6) is 0 Å². The molecule has 0 aromatic carbocycles. The predicted octanol–water partition coefficient (Wildman–Crippen LogP) is 0.680. The molecule has 0 saturated carbocycles. The van der Waals surface area contributed by atoms with Crippen LogP contribution in [0.25, 0.3) is 0 Å². The fourth-order valence-corrected chi connectivity index (χ4v) is 1.63. The monoisotopic (exact) mass is 427 g/mol. The first kappa shape index (κ1) is 30.1. The minimum absolute atomic E-state index is 0. The second-order valence-corrected chi connectivity index (χ2v) is 4.86. The molecule has 0 unspecified atom stereocenters. The zero-order chi connectivity index (χ0) is 18.5. The van der Waals surface area contributed by atoms with Crippen LogP contribution in [0.4, 0.5) is 0 Å². The van der Waals surface area contributed by atoms with Gasteiger partial charge in [0.2, 0.25) is 0 Å². The molecule has 147 valence electrons. The van der Waals surface area contributed by atoms with E-state index in [1.165, 1.54) is 27.7 Å². The number of unbranched alkanes of at least 4 members (excludes halogenated alkanes) is 3. The quantitative estimate of drug-likeness (QED) is 0.265. The van der Waals surface area contributed by atoms with Crippen LogP contribution in [0.2, 0.25) is 0 Å². The molecular weight excluding hydrogens is 403 g/mol. The van der Waals surface area contributed by atoms with Gasteiger partial charge in [0.05, 0.1) is 13.1 Å². The maximum absolute atomic E-state index is 10.9. The minimum Gasteiger partial charge on any atom is -0.333 e. The Bertz CT molecular complexity index is 381. The third-order valence-electron chi connectivity index (χ3n) is 2.35. The Kier molecular flexibility index (Phi) is 20.5. The van der Waals surface area contributed by atoms with E-state index in [1.807, 2.05) is 0 Å². The van der Waals surface area contributed by atoms with E-state index in [0.717, 1.165) is 23.3 Å². The molecule has 0 aliphatic rings. The van der Waals surface area contributed by atoms with Gasteiger partial charge in [-0.1, -0.05) is 12.8 Å². The van der Waals surface area contributed by atoms with Crippen molar-refractivity contribution in [2.75, 3.05) is 13.1 Å². The van der Waals surface area contributed by atoms with E-state index in [9.17, 15) is 19.2 Å². The van der Waals surface area contributed by atoms with Crippen LogP contribution in [0, 0.1) is 0 Å². The van der Waals surface area contributed by atoms with Gasteiger partial charge in [0, 0.05) is 84.8 Å². The molecule has 0 saturated heterocycles. The fourth-order valence-electron chi connectivity index (χ4n) is 1.63. The summed E-state index contributed by atoms with van der Waals surface area (Å²) >= 11 is 0. The molecule has 0 aromatic rings. The van der Waals surface area contributed by atoms with E-state index in [-0.39, 0.29) is 59.7 Å². The van der Waals surface area contributed by atoms with Crippen molar-refractivity contribution in [2.45, 2.75) is 53.4 Å². The molecule has 0 atom stereocenters. The van der Waals surface area contributed by atoms with Gasteiger partial charge < -0.3 is 19.4 Å². The smallest absolute Gasteiger partial charge is 0.326 e. The molecule has 1 radical (unpaired) electrons. The standard InChI is InChI=1S/C14H24N2O8.Fe.Na/c1-11(17)21-15(22-12(2)18)9-7-5-6-8-10-16(23-13(3)19)24-14(4)20;;/h5-10H2,1-4H3;;. The number of carbonyl (C=O) groups excluding carboxylic acids is 4. The van der Waals surface area contributed by atoms with Gasteiger partial charge in [-0.15, -0.1) is 0 Å². The Morgan fingerprint density at radius 2 is 0.808 bits per heavy atom. The Labute approximate surface area is 185 Å². The maximum atomic E-state index is 10.9. The molecule has 0 aliphatic carbocycles. The van der Waals surface area contributed by atoms with Gasteiger partial charge in [-0.05, 0) is 12.8 Å². The van der Waals surface area contributed by atoms with Crippen LogP contribution in [-0.4, -0.2) is 77.0 Å². The summed E-state index contributed by atoms with van der Waals surface area (Å²) in [5, 5.41) is 1.68. The van der Waals surface area contributed by atoms with Crippen LogP contribution >= 0.6 is 0 Å². The third-order valence-corrected chi connectivity index (χ3v) is 2.35. The molecule has 0 fully saturated rings. The summed E-state index contributed by atoms with van der Waals surface area (Å²) in [5.41, 5.74) is 0. The summed E-state index contributed by atoms with van der Waals surface area (Å²) in [6.45, 7) is 5.28. The van der Waals surface area contributed by atoms with Crippen LogP contribution in [-0.2, 0) is 55.6 Å². The molecule has 0 aliphatic heterocycles. The molecule has 0 spiro atoms. The second-order valence-electron chi connectivity index (χ2n) is 4.86. The van der Waals surface area contributed by atoms with E-state index in [4.69, 9.17) is 19.4 Å². The van der Waals surface area contributed by atoms with E-state index < -0.39 is 23.9 Å². The molecule has 26 heavy (non-hydrogen) atoms. The van der Waals surface area contributed by atoms with Gasteiger partial charge in [-0.2, -0.15) is 0 Å². The summed E-state index contributed by atoms with van der Waals surface area (Å²) in [4.78, 5) is 62.4. The second kappa shape index (κ2) is 17.7. The van der Waals surface area contributed by atoms with Gasteiger partial charge in [0.1, 0.15) is 0 Å². The largest absolute Gasteiger partial charge is 0.333 e. The summed E-state index contributed by atoms with van der Waals surface area (Å²) in [6.07, 6.45) is 2.66. The van der Waals surface area contributed by atoms with Gasteiger partial charge in [0.15, 0.2) is 0 Å². The van der Waals surface area contributed by atoms with Crippen molar-refractivity contribution in [3.8, 4) is 0 Å². The fraction of sp³-hybridized carbons (Fsp3) is 0.714. The number of hydrogen-bond donors (Lipinski definition) is 0. The molecule has 0 amide bonds. The Hall–Kier alpha value is -0.681. The molecule has 0 heterocycles. The van der Waals surface area contributed by atoms with E-state index in [0.29, 0.717) is 12.8 Å². The molecule has 0 aromatic heterocycles. The first-order valence-corrected chi connectivity index (χ1v) is 7.50. The van der Waals surface area contributed by atoms with E-state index in [1.54, 1.807) is 0 Å². The number of hydroxylamine groups is 4. The van der Waals surface area contributed by atoms with E-state index >= 15 is 0 Å². The number of nitrogens with zero attached hydrogens (tertiary/aromatic N) is 2. The average molecular weight is 427 g/mol. The van der Waals surface area contributed by atoms with Gasteiger partial charge >= 0.3 is 23.9 Å². The molecule has 0 N–H and O–H groups in total. The van der Waals surface area contributed by atoms with E-state index in [2.05, 4.69) is 0 Å². The number of carbonyl (C=O) groups is 4. The Morgan fingerprint density at radius 1 is 0.577 bits per heavy atom. The number of rotatable bonds is 11. The van der Waals surface area contributed by atoms with Gasteiger partial charge in [0.25, 0.3) is 0 Å². The summed E-state index contributed by atoms with van der Waals surface area (Å²) < 4.78 is 0. The van der Waals surface area contributed by atoms with Crippen LogP contribution in [0.15, 0.2) is 0 Å². The summed E-state index contributed by atoms with van der Waals surface area (Å²) in [6, 6.07) is 0. The maximum Gasteiger partial charge on any atom is 0.326 e. The first-order valence-electron chi connectivity index (χ1n) is 7.50. The van der Waals surface area contributed by atoms with Crippen molar-refractivity contribution in [1.82, 2.24) is 10.5 Å². The number of hydrogen-bond acceptors (Lipinski definition) is 10. The SMILES string of the molecule is CC(=O)ON(CCCCCCN(OC(C)=O)OC(C)=O)OC(C)=O.[Fe].[Na]. The van der Waals surface area contributed by atoms with Crippen LogP contribution in [0.3, 0.4) is 0 Å². The predicted molar refractivity (Wildman–Crippen MR) is 84.7 cm³/mol. The molecule has 10 nitrogen and oxygen atoms in total. The van der Waals surface area contributed by atoms with Crippen LogP contribution in [0.1, 0.15) is 53.4 Å². The van der Waals surface area contributed by atoms with Crippen molar-refractivity contribution < 1.29 is 55.6 Å². The average Bonchev–Trinajstić information content (AvgIpc) is 2.39. The normalized spacial score (nSPS) is 9.62. The minimum atomic E-state index is -0.588.